The van der Waals surface area contributed by atoms with E-state index in [1.807, 2.05) is 65.6 Å². The van der Waals surface area contributed by atoms with Crippen molar-refractivity contribution in [2.24, 2.45) is 0 Å². The number of carbonyl (C=O) groups excluding carboxylic acids is 2. The van der Waals surface area contributed by atoms with Crippen LogP contribution in [0.25, 0.3) is 0 Å². The molecule has 154 valence electrons. The average Bonchev–Trinajstić information content (AvgIpc) is 2.78. The van der Waals surface area contributed by atoms with Crippen molar-refractivity contribution >= 4 is 11.8 Å². The maximum Gasteiger partial charge on any atom is 0.248 e. The highest BCUT2D eigenvalue weighted by Crippen LogP contribution is 2.21. The van der Waals surface area contributed by atoms with Gasteiger partial charge in [0.1, 0.15) is 6.61 Å². The van der Waals surface area contributed by atoms with Crippen LogP contribution >= 0.6 is 0 Å². The number of nitrogens with zero attached hydrogens (tertiary/aromatic N) is 2. The summed E-state index contributed by atoms with van der Waals surface area (Å²) in [5.74, 6) is 0.0547. The minimum Gasteiger partial charge on any atom is -0.375 e. The Morgan fingerprint density at radius 3 is 2.00 bits per heavy atom. The van der Waals surface area contributed by atoms with Crippen LogP contribution in [0.4, 0.5) is 0 Å². The fraction of sp³-hybridized carbons (Fsp3) is 0.391. The predicted molar refractivity (Wildman–Crippen MR) is 112 cm³/mol. The highest BCUT2D eigenvalue weighted by Gasteiger charge is 2.22. The lowest BCUT2D eigenvalue weighted by Crippen LogP contribution is -2.50. The van der Waals surface area contributed by atoms with Crippen molar-refractivity contribution in [1.82, 2.24) is 15.1 Å². The first-order chi connectivity index (χ1) is 14.2. The molecule has 2 aromatic rings. The summed E-state index contributed by atoms with van der Waals surface area (Å²) in [5.41, 5.74) is 2.13. The first kappa shape index (κ1) is 21.0. The van der Waals surface area contributed by atoms with Crippen LogP contribution in [-0.2, 0) is 14.3 Å². The van der Waals surface area contributed by atoms with E-state index in [0.717, 1.165) is 24.2 Å². The van der Waals surface area contributed by atoms with E-state index in [4.69, 9.17) is 4.74 Å². The molecule has 1 fully saturated rings. The van der Waals surface area contributed by atoms with Crippen LogP contribution in [-0.4, -0.2) is 68.1 Å². The molecule has 0 aromatic heterocycles. The van der Waals surface area contributed by atoms with Gasteiger partial charge in [-0.05, 0) is 11.1 Å². The summed E-state index contributed by atoms with van der Waals surface area (Å²) in [4.78, 5) is 28.6. The molecule has 1 saturated heterocycles. The molecule has 0 spiro atoms. The van der Waals surface area contributed by atoms with E-state index in [1.54, 1.807) is 0 Å². The molecule has 0 aliphatic carbocycles. The molecule has 2 aromatic carbocycles. The normalized spacial score (nSPS) is 14.8. The second-order valence-electron chi connectivity index (χ2n) is 7.23. The Bertz CT molecular complexity index is 735. The van der Waals surface area contributed by atoms with Gasteiger partial charge < -0.3 is 15.0 Å². The number of ether oxygens (including phenoxy) is 1. The molecule has 29 heavy (non-hydrogen) atoms. The summed E-state index contributed by atoms with van der Waals surface area (Å²) in [7, 11) is 1.53. The lowest BCUT2D eigenvalue weighted by Gasteiger charge is -2.34. The van der Waals surface area contributed by atoms with Gasteiger partial charge >= 0.3 is 0 Å². The Labute approximate surface area is 172 Å². The van der Waals surface area contributed by atoms with Gasteiger partial charge in [-0.1, -0.05) is 60.7 Å². The number of amides is 2. The molecular formula is C23H29N3O3. The van der Waals surface area contributed by atoms with Crippen LogP contribution in [0.1, 0.15) is 23.6 Å². The Kier molecular flexibility index (Phi) is 7.78. The topological polar surface area (TPSA) is 61.9 Å². The number of methoxy groups -OCH3 is 1. The smallest absolute Gasteiger partial charge is 0.248 e. The number of carbonyl (C=O) groups is 2. The highest BCUT2D eigenvalue weighted by atomic mass is 16.5. The zero-order valence-electron chi connectivity index (χ0n) is 16.9. The van der Waals surface area contributed by atoms with E-state index in [9.17, 15) is 9.59 Å². The molecule has 6 heteroatoms. The summed E-state index contributed by atoms with van der Waals surface area (Å²) in [6.07, 6.45) is 0.433. The summed E-state index contributed by atoms with van der Waals surface area (Å²) in [5, 5.41) is 3.19. The summed E-state index contributed by atoms with van der Waals surface area (Å²) >= 11 is 0. The second-order valence-corrected chi connectivity index (χ2v) is 7.23. The fourth-order valence-electron chi connectivity index (χ4n) is 3.58. The fourth-order valence-corrected chi connectivity index (χ4v) is 3.58. The van der Waals surface area contributed by atoms with Gasteiger partial charge in [-0.25, -0.2) is 0 Å². The minimum atomic E-state index is -0.159. The third kappa shape index (κ3) is 6.14. The number of rotatable bonds is 8. The molecule has 3 rings (SSSR count). The van der Waals surface area contributed by atoms with Crippen molar-refractivity contribution < 1.29 is 14.3 Å². The van der Waals surface area contributed by atoms with Gasteiger partial charge in [0.05, 0.1) is 6.04 Å². The van der Waals surface area contributed by atoms with Crippen molar-refractivity contribution in [2.45, 2.75) is 12.5 Å². The molecule has 1 N–H and O–H groups in total. The zero-order chi connectivity index (χ0) is 20.5. The van der Waals surface area contributed by atoms with Crippen molar-refractivity contribution in [3.63, 3.8) is 0 Å². The Morgan fingerprint density at radius 2 is 1.48 bits per heavy atom. The van der Waals surface area contributed by atoms with Gasteiger partial charge in [0, 0.05) is 46.3 Å². The summed E-state index contributed by atoms with van der Waals surface area (Å²) in [6, 6.07) is 19.9. The van der Waals surface area contributed by atoms with E-state index >= 15 is 0 Å². The average molecular weight is 396 g/mol. The highest BCUT2D eigenvalue weighted by molar-refractivity contribution is 5.78. The lowest BCUT2D eigenvalue weighted by atomic mass is 9.98. The first-order valence-electron chi connectivity index (χ1n) is 10.1. The third-order valence-electron chi connectivity index (χ3n) is 5.22. The van der Waals surface area contributed by atoms with Crippen LogP contribution in [0, 0.1) is 0 Å². The van der Waals surface area contributed by atoms with Crippen molar-refractivity contribution in [3.05, 3.63) is 71.8 Å². The monoisotopic (exact) mass is 395 g/mol. The number of hydrogen-bond donors (Lipinski definition) is 1. The minimum absolute atomic E-state index is 0.0263. The van der Waals surface area contributed by atoms with E-state index in [1.165, 1.54) is 7.11 Å². The van der Waals surface area contributed by atoms with E-state index in [2.05, 4.69) is 10.2 Å². The molecule has 6 nitrogen and oxygen atoms in total. The maximum atomic E-state index is 12.7. The number of hydrogen-bond acceptors (Lipinski definition) is 4. The molecule has 1 aliphatic heterocycles. The molecule has 0 unspecified atom stereocenters. The lowest BCUT2D eigenvalue weighted by molar-refractivity contribution is -0.137. The largest absolute Gasteiger partial charge is 0.375 e. The maximum absolute atomic E-state index is 12.7. The quantitative estimate of drug-likeness (QED) is 0.743. The first-order valence-corrected chi connectivity index (χ1v) is 10.1. The summed E-state index contributed by atoms with van der Waals surface area (Å²) in [6.45, 7) is 3.74. The third-order valence-corrected chi connectivity index (χ3v) is 5.22. The van der Waals surface area contributed by atoms with Gasteiger partial charge in [-0.15, -0.1) is 0 Å². The molecule has 0 bridgehead atoms. The van der Waals surface area contributed by atoms with Crippen LogP contribution in [0.5, 0.6) is 0 Å². The van der Waals surface area contributed by atoms with Crippen molar-refractivity contribution in [2.75, 3.05) is 46.4 Å². The van der Waals surface area contributed by atoms with Crippen LogP contribution in [0.15, 0.2) is 60.7 Å². The Hall–Kier alpha value is -2.70. The Balaban J connectivity index is 1.52. The number of piperazine rings is 1. The van der Waals surface area contributed by atoms with E-state index in [0.29, 0.717) is 26.1 Å². The van der Waals surface area contributed by atoms with Gasteiger partial charge in [0.2, 0.25) is 11.8 Å². The molecule has 1 aliphatic rings. The van der Waals surface area contributed by atoms with Crippen molar-refractivity contribution in [1.29, 1.82) is 0 Å². The van der Waals surface area contributed by atoms with Gasteiger partial charge in [-0.3, -0.25) is 14.5 Å². The summed E-state index contributed by atoms with van der Waals surface area (Å²) < 4.78 is 4.91. The standard InChI is InChI=1S/C23H29N3O3/c1-29-18-22(28)26-16-14-25(15-17-26)13-12-21(27)24-23(19-8-4-2-5-9-19)20-10-6-3-7-11-20/h2-11,23H,12-18H2,1H3,(H,24,27). The molecular weight excluding hydrogens is 366 g/mol. The van der Waals surface area contributed by atoms with Crippen LogP contribution in [0.2, 0.25) is 0 Å². The number of benzene rings is 2. The molecule has 2 amide bonds. The van der Waals surface area contributed by atoms with Crippen LogP contribution in [0.3, 0.4) is 0 Å². The Morgan fingerprint density at radius 1 is 0.931 bits per heavy atom. The van der Waals surface area contributed by atoms with E-state index < -0.39 is 0 Å². The molecule has 1 heterocycles. The van der Waals surface area contributed by atoms with Gasteiger partial charge in [0.25, 0.3) is 0 Å². The van der Waals surface area contributed by atoms with Gasteiger partial charge in [-0.2, -0.15) is 0 Å². The SMILES string of the molecule is COCC(=O)N1CCN(CCC(=O)NC(c2ccccc2)c2ccccc2)CC1. The van der Waals surface area contributed by atoms with E-state index in [-0.39, 0.29) is 24.5 Å². The predicted octanol–water partition coefficient (Wildman–Crippen LogP) is 2.07. The molecule has 0 atom stereocenters. The zero-order valence-corrected chi connectivity index (χ0v) is 16.9. The van der Waals surface area contributed by atoms with Crippen LogP contribution < -0.4 is 5.32 Å². The molecule has 0 radical (unpaired) electrons. The second kappa shape index (κ2) is 10.7. The number of nitrogens with one attached hydrogen (secondary N) is 1. The van der Waals surface area contributed by atoms with Gasteiger partial charge in [0.15, 0.2) is 0 Å². The molecule has 0 saturated carbocycles. The van der Waals surface area contributed by atoms with Crippen molar-refractivity contribution in [3.8, 4) is 0 Å².